The van der Waals surface area contributed by atoms with Crippen LogP contribution >= 0.6 is 0 Å². The van der Waals surface area contributed by atoms with Crippen LogP contribution < -0.4 is 5.32 Å². The molecular formula is C11H21NO6Si. The average Bonchev–Trinajstić information content (AvgIpc) is 2.37. The van der Waals surface area contributed by atoms with Gasteiger partial charge in [-0.25, -0.2) is 0 Å². The van der Waals surface area contributed by atoms with Gasteiger partial charge >= 0.3 is 0 Å². The van der Waals surface area contributed by atoms with E-state index in [2.05, 4.69) is 5.32 Å². The first-order chi connectivity index (χ1) is 9.01. The molecule has 7 nitrogen and oxygen atoms in total. The van der Waals surface area contributed by atoms with Crippen molar-refractivity contribution >= 4 is 15.4 Å². The second-order valence-corrected chi connectivity index (χ2v) is 5.61. The van der Waals surface area contributed by atoms with Crippen molar-refractivity contribution < 1.29 is 29.6 Å². The minimum absolute atomic E-state index is 0.353. The van der Waals surface area contributed by atoms with Crippen molar-refractivity contribution in [2.24, 2.45) is 0 Å². The molecule has 1 fully saturated rings. The van der Waals surface area contributed by atoms with E-state index in [1.807, 2.05) is 6.55 Å². The normalized spacial score (nSPS) is 35.1. The fraction of sp³-hybridized carbons (Fsp3) is 0.909. The molecule has 5 atom stereocenters. The predicted octanol–water partition coefficient (Wildman–Crippen LogP) is -1.88. The maximum atomic E-state index is 11.1. The van der Waals surface area contributed by atoms with Crippen LogP contribution in [0.4, 0.5) is 0 Å². The molecule has 1 heterocycles. The molecule has 0 spiro atoms. The van der Waals surface area contributed by atoms with E-state index in [4.69, 9.17) is 14.6 Å². The number of rotatable bonds is 6. The molecule has 0 saturated carbocycles. The Morgan fingerprint density at radius 3 is 2.63 bits per heavy atom. The van der Waals surface area contributed by atoms with Crippen LogP contribution in [0.25, 0.3) is 0 Å². The van der Waals surface area contributed by atoms with E-state index in [9.17, 15) is 15.0 Å². The van der Waals surface area contributed by atoms with Crippen LogP contribution in [0, 0.1) is 0 Å². The molecule has 0 bridgehead atoms. The average molecular weight is 291 g/mol. The Morgan fingerprint density at radius 1 is 1.42 bits per heavy atom. The molecule has 1 amide bonds. The number of aliphatic hydroxyl groups is 3. The molecule has 2 radical (unpaired) electrons. The summed E-state index contributed by atoms with van der Waals surface area (Å²) < 4.78 is 10.9. The van der Waals surface area contributed by atoms with E-state index in [-0.39, 0.29) is 5.91 Å². The van der Waals surface area contributed by atoms with E-state index in [0.29, 0.717) is 6.61 Å². The highest BCUT2D eigenvalue weighted by atomic mass is 28.2. The van der Waals surface area contributed by atoms with Crippen molar-refractivity contribution in [1.29, 1.82) is 0 Å². The third-order valence-electron chi connectivity index (χ3n) is 2.88. The van der Waals surface area contributed by atoms with Gasteiger partial charge in [0.1, 0.15) is 24.4 Å². The van der Waals surface area contributed by atoms with Gasteiger partial charge in [0.15, 0.2) is 6.29 Å². The second kappa shape index (κ2) is 7.93. The van der Waals surface area contributed by atoms with Crippen molar-refractivity contribution in [3.05, 3.63) is 0 Å². The number of nitrogens with one attached hydrogen (secondary N) is 1. The molecule has 0 aromatic carbocycles. The number of hydrogen-bond donors (Lipinski definition) is 4. The third-order valence-corrected chi connectivity index (χ3v) is 3.59. The van der Waals surface area contributed by atoms with Gasteiger partial charge in [-0.3, -0.25) is 4.79 Å². The molecule has 19 heavy (non-hydrogen) atoms. The van der Waals surface area contributed by atoms with Gasteiger partial charge in [-0.15, -0.1) is 0 Å². The van der Waals surface area contributed by atoms with Gasteiger partial charge in [-0.05, 0) is 6.04 Å². The zero-order chi connectivity index (χ0) is 14.4. The highest BCUT2D eigenvalue weighted by molar-refractivity contribution is 6.33. The SMILES string of the molecule is C[Si]CCO[C@@H]1O[C@H](CO)[C@@H](O)[C@H](O)[C@H]1NC(C)=O. The molecule has 8 heteroatoms. The lowest BCUT2D eigenvalue weighted by Crippen LogP contribution is -2.64. The summed E-state index contributed by atoms with van der Waals surface area (Å²) in [5, 5.41) is 31.4. The summed E-state index contributed by atoms with van der Waals surface area (Å²) in [6, 6.07) is -0.00905. The summed E-state index contributed by atoms with van der Waals surface area (Å²) in [6.45, 7) is 3.34. The minimum Gasteiger partial charge on any atom is -0.394 e. The number of carbonyl (C=O) groups is 1. The summed E-state index contributed by atoms with van der Waals surface area (Å²) in [5.41, 5.74) is 0. The standard InChI is InChI=1S/C11H21NO6Si/c1-6(14)12-8-10(16)9(15)7(5-13)18-11(8)17-3-4-19-2/h7-11,13,15-16H,3-5H2,1-2H3,(H,12,14)/t7-,8-,9-,10-,11-/m1/s1. The number of amides is 1. The van der Waals surface area contributed by atoms with Crippen LogP contribution in [0.2, 0.25) is 12.6 Å². The fourth-order valence-corrected chi connectivity index (χ4v) is 2.21. The molecular weight excluding hydrogens is 270 g/mol. The van der Waals surface area contributed by atoms with Crippen LogP contribution in [0.1, 0.15) is 6.92 Å². The first-order valence-corrected chi connectivity index (χ1v) is 7.87. The van der Waals surface area contributed by atoms with Crippen LogP contribution in [-0.4, -0.2) is 74.6 Å². The van der Waals surface area contributed by atoms with Crippen molar-refractivity contribution in [2.45, 2.75) is 50.2 Å². The molecule has 0 aliphatic carbocycles. The highest BCUT2D eigenvalue weighted by Gasteiger charge is 2.45. The molecule has 4 N–H and O–H groups in total. The zero-order valence-electron chi connectivity index (χ0n) is 11.1. The molecule has 1 aliphatic heterocycles. The van der Waals surface area contributed by atoms with Crippen molar-refractivity contribution in [2.75, 3.05) is 13.2 Å². The summed E-state index contributed by atoms with van der Waals surface area (Å²) in [5.74, 6) is -0.353. The lowest BCUT2D eigenvalue weighted by Gasteiger charge is -2.42. The highest BCUT2D eigenvalue weighted by Crippen LogP contribution is 2.22. The summed E-state index contributed by atoms with van der Waals surface area (Å²) >= 11 is 0. The zero-order valence-corrected chi connectivity index (χ0v) is 12.1. The Hall–Kier alpha value is -0.513. The van der Waals surface area contributed by atoms with E-state index < -0.39 is 37.3 Å². The number of hydrogen-bond acceptors (Lipinski definition) is 6. The Kier molecular flexibility index (Phi) is 6.90. The predicted molar refractivity (Wildman–Crippen MR) is 67.7 cm³/mol. The molecule has 0 unspecified atom stereocenters. The molecule has 1 saturated heterocycles. The van der Waals surface area contributed by atoms with E-state index in [1.54, 1.807) is 0 Å². The Bertz CT molecular complexity index is 292. The number of aliphatic hydroxyl groups excluding tert-OH is 3. The van der Waals surface area contributed by atoms with Crippen LogP contribution in [0.3, 0.4) is 0 Å². The van der Waals surface area contributed by atoms with Gasteiger partial charge in [0.05, 0.1) is 6.61 Å². The number of ether oxygens (including phenoxy) is 2. The van der Waals surface area contributed by atoms with Crippen molar-refractivity contribution in [1.82, 2.24) is 5.32 Å². The summed E-state index contributed by atoms with van der Waals surface area (Å²) in [7, 11) is 0.721. The van der Waals surface area contributed by atoms with Gasteiger partial charge in [-0.2, -0.15) is 0 Å². The lowest BCUT2D eigenvalue weighted by molar-refractivity contribution is -0.268. The molecule has 1 rings (SSSR count). The van der Waals surface area contributed by atoms with Gasteiger partial charge in [0.25, 0.3) is 0 Å². The Morgan fingerprint density at radius 2 is 2.11 bits per heavy atom. The van der Waals surface area contributed by atoms with Crippen molar-refractivity contribution in [3.63, 3.8) is 0 Å². The van der Waals surface area contributed by atoms with Crippen molar-refractivity contribution in [3.8, 4) is 0 Å². The van der Waals surface area contributed by atoms with Gasteiger partial charge in [-0.1, -0.05) is 6.55 Å². The van der Waals surface area contributed by atoms with E-state index in [1.165, 1.54) is 6.92 Å². The fourth-order valence-electron chi connectivity index (χ4n) is 1.89. The maximum Gasteiger partial charge on any atom is 0.217 e. The summed E-state index contributed by atoms with van der Waals surface area (Å²) in [4.78, 5) is 11.1. The van der Waals surface area contributed by atoms with Crippen LogP contribution in [0.5, 0.6) is 0 Å². The topological polar surface area (TPSA) is 108 Å². The Balaban J connectivity index is 2.71. The minimum atomic E-state index is -1.27. The van der Waals surface area contributed by atoms with E-state index >= 15 is 0 Å². The molecule has 0 aromatic rings. The van der Waals surface area contributed by atoms with E-state index in [0.717, 1.165) is 15.6 Å². The first kappa shape index (κ1) is 16.5. The van der Waals surface area contributed by atoms with Gasteiger partial charge < -0.3 is 30.1 Å². The lowest BCUT2D eigenvalue weighted by atomic mass is 9.97. The van der Waals surface area contributed by atoms with Gasteiger partial charge in [0.2, 0.25) is 5.91 Å². The first-order valence-electron chi connectivity index (χ1n) is 6.17. The molecule has 0 aromatic heterocycles. The number of carbonyl (C=O) groups excluding carboxylic acids is 1. The van der Waals surface area contributed by atoms with Crippen LogP contribution in [0.15, 0.2) is 0 Å². The monoisotopic (exact) mass is 291 g/mol. The maximum absolute atomic E-state index is 11.1. The Labute approximate surface area is 114 Å². The smallest absolute Gasteiger partial charge is 0.217 e. The largest absolute Gasteiger partial charge is 0.394 e. The van der Waals surface area contributed by atoms with Gasteiger partial charge in [0, 0.05) is 23.1 Å². The van der Waals surface area contributed by atoms with Crippen LogP contribution in [-0.2, 0) is 14.3 Å². The quantitative estimate of drug-likeness (QED) is 0.337. The molecule has 110 valence electrons. The summed E-state index contributed by atoms with van der Waals surface area (Å²) in [6.07, 6.45) is -4.32. The third kappa shape index (κ3) is 4.51. The second-order valence-electron chi connectivity index (χ2n) is 4.41. The molecule has 1 aliphatic rings.